The molecule has 0 aliphatic heterocycles. The van der Waals surface area contributed by atoms with E-state index in [0.29, 0.717) is 12.8 Å². The van der Waals surface area contributed by atoms with E-state index >= 15 is 0 Å². The van der Waals surface area contributed by atoms with Crippen molar-refractivity contribution in [2.45, 2.75) is 65.6 Å². The van der Waals surface area contributed by atoms with E-state index in [0.717, 1.165) is 6.42 Å². The van der Waals surface area contributed by atoms with Gasteiger partial charge in [-0.3, -0.25) is 4.79 Å². The first-order valence-corrected chi connectivity index (χ1v) is 5.78. The van der Waals surface area contributed by atoms with E-state index in [1.165, 1.54) is 0 Å². The summed E-state index contributed by atoms with van der Waals surface area (Å²) in [5.74, 6) is -0.769. The lowest BCUT2D eigenvalue weighted by Crippen LogP contribution is -2.36. The van der Waals surface area contributed by atoms with Crippen LogP contribution < -0.4 is 0 Å². The molecule has 0 saturated carbocycles. The van der Waals surface area contributed by atoms with E-state index in [1.54, 1.807) is 13.8 Å². The average molecular weight is 234 g/mol. The van der Waals surface area contributed by atoms with Gasteiger partial charge in [-0.05, 0) is 26.7 Å². The van der Waals surface area contributed by atoms with Gasteiger partial charge in [0.05, 0.1) is 11.7 Å². The Morgan fingerprint density at radius 2 is 1.75 bits per heavy atom. The second-order valence-electron chi connectivity index (χ2n) is 4.56. The van der Waals surface area contributed by atoms with E-state index in [4.69, 9.17) is 5.11 Å². The maximum Gasteiger partial charge on any atom is 0.303 e. The minimum atomic E-state index is -0.768. The van der Waals surface area contributed by atoms with Crippen molar-refractivity contribution < 1.29 is 20.1 Å². The summed E-state index contributed by atoms with van der Waals surface area (Å²) in [4.78, 5) is 9.60. The second-order valence-corrected chi connectivity index (χ2v) is 4.56. The number of hydrogen-bond donors (Lipinski definition) is 3. The lowest BCUT2D eigenvalue weighted by molar-refractivity contribution is -0.137. The SMILES string of the molecule is CCC(O)C(C)C(C)(C)O.CCCC(=O)O. The molecule has 4 heteroatoms. The highest BCUT2D eigenvalue weighted by Gasteiger charge is 2.27. The van der Waals surface area contributed by atoms with Gasteiger partial charge in [0.1, 0.15) is 0 Å². The van der Waals surface area contributed by atoms with Crippen LogP contribution in [0.15, 0.2) is 0 Å². The van der Waals surface area contributed by atoms with Crippen LogP contribution in [0, 0.1) is 5.92 Å². The highest BCUT2D eigenvalue weighted by atomic mass is 16.4. The van der Waals surface area contributed by atoms with Crippen LogP contribution in [0.3, 0.4) is 0 Å². The largest absolute Gasteiger partial charge is 0.481 e. The zero-order valence-corrected chi connectivity index (χ0v) is 11.0. The number of aliphatic hydroxyl groups excluding tert-OH is 1. The van der Waals surface area contributed by atoms with Gasteiger partial charge in [0.25, 0.3) is 0 Å². The molecule has 0 spiro atoms. The summed E-state index contributed by atoms with van der Waals surface area (Å²) >= 11 is 0. The van der Waals surface area contributed by atoms with Crippen molar-refractivity contribution in [2.24, 2.45) is 5.92 Å². The van der Waals surface area contributed by atoms with Crippen LogP contribution in [-0.4, -0.2) is 33.0 Å². The second kappa shape index (κ2) is 8.53. The quantitative estimate of drug-likeness (QED) is 0.680. The van der Waals surface area contributed by atoms with Gasteiger partial charge in [-0.25, -0.2) is 0 Å². The fraction of sp³-hybridized carbons (Fsp3) is 0.917. The summed E-state index contributed by atoms with van der Waals surface area (Å²) in [6.45, 7) is 9.04. The van der Waals surface area contributed by atoms with Crippen LogP contribution in [0.1, 0.15) is 53.9 Å². The lowest BCUT2D eigenvalue weighted by Gasteiger charge is -2.29. The standard InChI is InChI=1S/C8H18O2.C4H8O2/c1-5-7(9)6(2)8(3,4)10;1-2-3-4(5)6/h6-7,9-10H,5H2,1-4H3;2-3H2,1H3,(H,5,6). The minimum Gasteiger partial charge on any atom is -0.481 e. The van der Waals surface area contributed by atoms with Gasteiger partial charge in [0.2, 0.25) is 0 Å². The van der Waals surface area contributed by atoms with Gasteiger partial charge in [-0.2, -0.15) is 0 Å². The Morgan fingerprint density at radius 3 is 1.81 bits per heavy atom. The zero-order chi connectivity index (χ0) is 13.4. The van der Waals surface area contributed by atoms with Crippen molar-refractivity contribution in [3.8, 4) is 0 Å². The molecule has 0 rings (SSSR count). The molecular formula is C12H26O4. The predicted molar refractivity (Wildman–Crippen MR) is 64.3 cm³/mol. The number of rotatable bonds is 5. The van der Waals surface area contributed by atoms with E-state index in [-0.39, 0.29) is 12.0 Å². The number of aliphatic hydroxyl groups is 2. The smallest absolute Gasteiger partial charge is 0.303 e. The van der Waals surface area contributed by atoms with Gasteiger partial charge < -0.3 is 15.3 Å². The Morgan fingerprint density at radius 1 is 1.31 bits per heavy atom. The molecule has 0 radical (unpaired) electrons. The third kappa shape index (κ3) is 9.93. The molecule has 16 heavy (non-hydrogen) atoms. The maximum atomic E-state index is 9.60. The molecule has 0 bridgehead atoms. The maximum absolute atomic E-state index is 9.60. The zero-order valence-electron chi connectivity index (χ0n) is 11.0. The molecule has 0 aliphatic rings. The first kappa shape index (κ1) is 17.8. The number of carboxylic acids is 1. The van der Waals surface area contributed by atoms with Crippen molar-refractivity contribution in [1.29, 1.82) is 0 Å². The van der Waals surface area contributed by atoms with Crippen LogP contribution in [0.4, 0.5) is 0 Å². The van der Waals surface area contributed by atoms with Crippen LogP contribution >= 0.6 is 0 Å². The topological polar surface area (TPSA) is 77.8 Å². The van der Waals surface area contributed by atoms with Gasteiger partial charge >= 0.3 is 5.97 Å². The van der Waals surface area contributed by atoms with Crippen LogP contribution in [0.25, 0.3) is 0 Å². The molecule has 0 aromatic carbocycles. The number of hydrogen-bond acceptors (Lipinski definition) is 3. The summed E-state index contributed by atoms with van der Waals surface area (Å²) in [6, 6.07) is 0. The van der Waals surface area contributed by atoms with Crippen LogP contribution in [-0.2, 0) is 4.79 Å². The van der Waals surface area contributed by atoms with Gasteiger partial charge in [0.15, 0.2) is 0 Å². The molecule has 0 aromatic heterocycles. The summed E-state index contributed by atoms with van der Waals surface area (Å²) in [6.07, 6.45) is 1.33. The Bertz CT molecular complexity index is 184. The van der Waals surface area contributed by atoms with E-state index in [1.807, 2.05) is 20.8 Å². The fourth-order valence-electron chi connectivity index (χ4n) is 1.04. The van der Waals surface area contributed by atoms with Crippen molar-refractivity contribution in [3.05, 3.63) is 0 Å². The molecule has 2 unspecified atom stereocenters. The molecule has 0 heterocycles. The summed E-state index contributed by atoms with van der Waals surface area (Å²) in [7, 11) is 0. The van der Waals surface area contributed by atoms with Gasteiger partial charge in [0, 0.05) is 12.3 Å². The Hall–Kier alpha value is -0.610. The van der Waals surface area contributed by atoms with Crippen molar-refractivity contribution in [1.82, 2.24) is 0 Å². The molecule has 0 aliphatic carbocycles. The Labute approximate surface area is 98.3 Å². The normalized spacial score (nSPS) is 14.7. The van der Waals surface area contributed by atoms with Crippen molar-refractivity contribution >= 4 is 5.97 Å². The molecular weight excluding hydrogens is 208 g/mol. The molecule has 2 atom stereocenters. The molecule has 0 fully saturated rings. The minimum absolute atomic E-state index is 0.0579. The first-order chi connectivity index (χ1) is 7.16. The van der Waals surface area contributed by atoms with Crippen LogP contribution in [0.2, 0.25) is 0 Å². The van der Waals surface area contributed by atoms with Gasteiger partial charge in [-0.1, -0.05) is 20.8 Å². The van der Waals surface area contributed by atoms with Crippen LogP contribution in [0.5, 0.6) is 0 Å². The molecule has 0 aromatic rings. The van der Waals surface area contributed by atoms with E-state index < -0.39 is 11.6 Å². The van der Waals surface area contributed by atoms with Crippen molar-refractivity contribution in [3.63, 3.8) is 0 Å². The number of carboxylic acid groups (broad SMARTS) is 1. The molecule has 0 amide bonds. The monoisotopic (exact) mass is 234 g/mol. The molecule has 3 N–H and O–H groups in total. The highest BCUT2D eigenvalue weighted by molar-refractivity contribution is 5.66. The lowest BCUT2D eigenvalue weighted by atomic mass is 9.87. The average Bonchev–Trinajstić information content (AvgIpc) is 2.14. The Balaban J connectivity index is 0. The third-order valence-corrected chi connectivity index (χ3v) is 2.57. The molecule has 98 valence electrons. The fourth-order valence-corrected chi connectivity index (χ4v) is 1.04. The third-order valence-electron chi connectivity index (χ3n) is 2.57. The first-order valence-electron chi connectivity index (χ1n) is 5.78. The predicted octanol–water partition coefficient (Wildman–Crippen LogP) is 2.04. The highest BCUT2D eigenvalue weighted by Crippen LogP contribution is 2.20. The number of aliphatic carboxylic acids is 1. The molecule has 4 nitrogen and oxygen atoms in total. The molecule has 0 saturated heterocycles. The Kier molecular flexibility index (Phi) is 9.48. The van der Waals surface area contributed by atoms with E-state index in [2.05, 4.69) is 0 Å². The van der Waals surface area contributed by atoms with Gasteiger partial charge in [-0.15, -0.1) is 0 Å². The summed E-state index contributed by atoms with van der Waals surface area (Å²) < 4.78 is 0. The summed E-state index contributed by atoms with van der Waals surface area (Å²) in [5.41, 5.74) is -0.768. The van der Waals surface area contributed by atoms with Crippen molar-refractivity contribution in [2.75, 3.05) is 0 Å². The van der Waals surface area contributed by atoms with E-state index in [9.17, 15) is 15.0 Å². The summed E-state index contributed by atoms with van der Waals surface area (Å²) in [5, 5.41) is 26.6. The number of carbonyl (C=O) groups is 1.